The molecule has 1 aromatic carbocycles. The zero-order valence-electron chi connectivity index (χ0n) is 11.5. The average molecular weight is 268 g/mol. The van der Waals surface area contributed by atoms with E-state index in [1.54, 1.807) is 0 Å². The summed E-state index contributed by atoms with van der Waals surface area (Å²) in [6.07, 6.45) is 1.13. The molecule has 0 atom stereocenters. The van der Waals surface area contributed by atoms with Crippen molar-refractivity contribution in [2.24, 2.45) is 0 Å². The Kier molecular flexibility index (Phi) is 2.86. The summed E-state index contributed by atoms with van der Waals surface area (Å²) in [6, 6.07) is 9.70. The Hall–Kier alpha value is -2.49. The van der Waals surface area contributed by atoms with E-state index in [4.69, 9.17) is 0 Å². The monoisotopic (exact) mass is 268 g/mol. The highest BCUT2D eigenvalue weighted by molar-refractivity contribution is 6.02. The number of nitrogens with zero attached hydrogens (tertiary/aromatic N) is 1. The first-order valence-corrected chi connectivity index (χ1v) is 6.53. The van der Waals surface area contributed by atoms with E-state index >= 15 is 0 Å². The first kappa shape index (κ1) is 12.5. The highest BCUT2D eigenvalue weighted by Crippen LogP contribution is 2.36. The van der Waals surface area contributed by atoms with Gasteiger partial charge in [-0.1, -0.05) is 18.2 Å². The molecular weight excluding hydrogens is 252 g/mol. The molecule has 2 N–H and O–H groups in total. The minimum Gasteiger partial charge on any atom is -0.465 e. The van der Waals surface area contributed by atoms with Crippen molar-refractivity contribution in [1.82, 2.24) is 4.98 Å². The van der Waals surface area contributed by atoms with Gasteiger partial charge in [-0.15, -0.1) is 0 Å². The Balaban J connectivity index is 2.08. The summed E-state index contributed by atoms with van der Waals surface area (Å²) < 4.78 is 0. The number of aryl methyl sites for hydroxylation is 2. The van der Waals surface area contributed by atoms with E-state index < -0.39 is 6.09 Å². The number of nitrogens with one attached hydrogen (secondary N) is 1. The second-order valence-corrected chi connectivity index (χ2v) is 5.10. The Morgan fingerprint density at radius 3 is 2.75 bits per heavy atom. The molecule has 1 aliphatic rings. The van der Waals surface area contributed by atoms with E-state index in [0.29, 0.717) is 6.54 Å². The fraction of sp³-hybridized carbons (Fsp3) is 0.188. The molecule has 0 radical (unpaired) electrons. The van der Waals surface area contributed by atoms with E-state index in [1.807, 2.05) is 44.2 Å². The van der Waals surface area contributed by atoms with Gasteiger partial charge in [-0.2, -0.15) is 0 Å². The number of hydrogen-bond acceptors (Lipinski definition) is 1. The Labute approximate surface area is 117 Å². The quantitative estimate of drug-likeness (QED) is 0.829. The summed E-state index contributed by atoms with van der Waals surface area (Å²) in [5.41, 5.74) is 6.08. The van der Waals surface area contributed by atoms with Crippen LogP contribution in [0, 0.1) is 13.8 Å². The molecule has 4 nitrogen and oxygen atoms in total. The number of benzene rings is 1. The molecular formula is C16H16N2O2. The van der Waals surface area contributed by atoms with Crippen LogP contribution in [0.1, 0.15) is 22.5 Å². The van der Waals surface area contributed by atoms with E-state index in [-0.39, 0.29) is 0 Å². The maximum Gasteiger partial charge on any atom is 0.412 e. The number of para-hydroxylation sites is 1. The standard InChI is InChI=1S/C16H16N2O2/c1-10-7-11(2)17-14(10)8-12-9-18(16(19)20)15-6-4-3-5-13(12)15/h3-8,17H,9H2,1-2H3,(H,19,20)/b12-8+. The first-order valence-electron chi connectivity index (χ1n) is 6.53. The molecule has 4 heteroatoms. The largest absolute Gasteiger partial charge is 0.465 e. The number of carboxylic acid groups (broad SMARTS) is 1. The van der Waals surface area contributed by atoms with Crippen LogP contribution in [0.25, 0.3) is 11.6 Å². The van der Waals surface area contributed by atoms with Gasteiger partial charge in [0.05, 0.1) is 12.2 Å². The van der Waals surface area contributed by atoms with Crippen molar-refractivity contribution in [3.63, 3.8) is 0 Å². The van der Waals surface area contributed by atoms with Crippen LogP contribution in [0.4, 0.5) is 10.5 Å². The molecule has 0 unspecified atom stereocenters. The molecule has 102 valence electrons. The van der Waals surface area contributed by atoms with Gasteiger partial charge in [0.1, 0.15) is 0 Å². The molecule has 3 rings (SSSR count). The van der Waals surface area contributed by atoms with Gasteiger partial charge in [0.25, 0.3) is 0 Å². The molecule has 1 amide bonds. The lowest BCUT2D eigenvalue weighted by molar-refractivity contribution is 0.203. The lowest BCUT2D eigenvalue weighted by Gasteiger charge is -2.11. The zero-order chi connectivity index (χ0) is 14.3. The Morgan fingerprint density at radius 1 is 1.35 bits per heavy atom. The van der Waals surface area contributed by atoms with Gasteiger partial charge < -0.3 is 10.1 Å². The number of hydrogen-bond donors (Lipinski definition) is 2. The number of carbonyl (C=O) groups is 1. The smallest absolute Gasteiger partial charge is 0.412 e. The summed E-state index contributed by atoms with van der Waals surface area (Å²) in [4.78, 5) is 16.0. The molecule has 0 spiro atoms. The minimum atomic E-state index is -0.916. The number of aromatic amines is 1. The Bertz CT molecular complexity index is 713. The highest BCUT2D eigenvalue weighted by atomic mass is 16.4. The minimum absolute atomic E-state index is 0.395. The molecule has 2 heterocycles. The molecule has 0 saturated carbocycles. The van der Waals surface area contributed by atoms with Crippen LogP contribution in [-0.2, 0) is 0 Å². The lowest BCUT2D eigenvalue weighted by Crippen LogP contribution is -2.26. The van der Waals surface area contributed by atoms with Crippen molar-refractivity contribution in [2.45, 2.75) is 13.8 Å². The van der Waals surface area contributed by atoms with Crippen LogP contribution in [0.3, 0.4) is 0 Å². The molecule has 20 heavy (non-hydrogen) atoms. The summed E-state index contributed by atoms with van der Waals surface area (Å²) in [7, 11) is 0. The molecule has 0 saturated heterocycles. The van der Waals surface area contributed by atoms with Gasteiger partial charge in [0.2, 0.25) is 0 Å². The van der Waals surface area contributed by atoms with Crippen LogP contribution < -0.4 is 4.90 Å². The Morgan fingerprint density at radius 2 is 2.10 bits per heavy atom. The first-order chi connectivity index (χ1) is 9.56. The third-order valence-electron chi connectivity index (χ3n) is 3.61. The lowest BCUT2D eigenvalue weighted by atomic mass is 10.1. The number of H-pyrrole nitrogens is 1. The van der Waals surface area contributed by atoms with Crippen LogP contribution in [0.15, 0.2) is 30.3 Å². The molecule has 2 aromatic rings. The second-order valence-electron chi connectivity index (χ2n) is 5.10. The van der Waals surface area contributed by atoms with Crippen molar-refractivity contribution >= 4 is 23.4 Å². The number of anilines is 1. The molecule has 0 fully saturated rings. The van der Waals surface area contributed by atoms with Crippen molar-refractivity contribution in [3.8, 4) is 0 Å². The molecule has 1 aliphatic heterocycles. The average Bonchev–Trinajstić information content (AvgIpc) is 2.92. The maximum absolute atomic E-state index is 11.3. The van der Waals surface area contributed by atoms with Gasteiger partial charge in [0.15, 0.2) is 0 Å². The van der Waals surface area contributed by atoms with E-state index in [2.05, 4.69) is 11.1 Å². The van der Waals surface area contributed by atoms with Gasteiger partial charge in [-0.05, 0) is 43.2 Å². The summed E-state index contributed by atoms with van der Waals surface area (Å²) in [5.74, 6) is 0. The van der Waals surface area contributed by atoms with Crippen molar-refractivity contribution in [3.05, 3.63) is 52.8 Å². The second kappa shape index (κ2) is 4.56. The summed E-state index contributed by atoms with van der Waals surface area (Å²) in [6.45, 7) is 4.46. The van der Waals surface area contributed by atoms with E-state index in [0.717, 1.165) is 28.2 Å². The number of fused-ring (bicyclic) bond motifs is 1. The van der Waals surface area contributed by atoms with E-state index in [9.17, 15) is 9.90 Å². The topological polar surface area (TPSA) is 56.3 Å². The molecule has 1 aromatic heterocycles. The van der Waals surface area contributed by atoms with Crippen molar-refractivity contribution in [1.29, 1.82) is 0 Å². The SMILES string of the molecule is Cc1cc(C)c(/C=C2\CN(C(=O)O)c3ccccc32)[nH]1. The number of amides is 1. The molecule has 0 bridgehead atoms. The predicted molar refractivity (Wildman–Crippen MR) is 80.0 cm³/mol. The maximum atomic E-state index is 11.3. The van der Waals surface area contributed by atoms with Crippen LogP contribution >= 0.6 is 0 Å². The third-order valence-corrected chi connectivity index (χ3v) is 3.61. The number of aromatic nitrogens is 1. The van der Waals surface area contributed by atoms with Gasteiger partial charge in [-0.25, -0.2) is 4.79 Å². The van der Waals surface area contributed by atoms with Crippen LogP contribution in [0.2, 0.25) is 0 Å². The van der Waals surface area contributed by atoms with Crippen molar-refractivity contribution in [2.75, 3.05) is 11.4 Å². The fourth-order valence-corrected chi connectivity index (χ4v) is 2.69. The fourth-order valence-electron chi connectivity index (χ4n) is 2.69. The molecule has 0 aliphatic carbocycles. The van der Waals surface area contributed by atoms with Gasteiger partial charge in [0, 0.05) is 17.0 Å². The third kappa shape index (κ3) is 1.99. The van der Waals surface area contributed by atoms with Crippen LogP contribution in [-0.4, -0.2) is 22.7 Å². The van der Waals surface area contributed by atoms with Gasteiger partial charge >= 0.3 is 6.09 Å². The number of rotatable bonds is 1. The predicted octanol–water partition coefficient (Wildman–Crippen LogP) is 3.67. The van der Waals surface area contributed by atoms with Gasteiger partial charge in [-0.3, -0.25) is 4.90 Å². The van der Waals surface area contributed by atoms with Crippen molar-refractivity contribution < 1.29 is 9.90 Å². The highest BCUT2D eigenvalue weighted by Gasteiger charge is 2.27. The van der Waals surface area contributed by atoms with E-state index in [1.165, 1.54) is 10.5 Å². The zero-order valence-corrected chi connectivity index (χ0v) is 11.5. The van der Waals surface area contributed by atoms with Crippen LogP contribution in [0.5, 0.6) is 0 Å². The summed E-state index contributed by atoms with van der Waals surface area (Å²) >= 11 is 0. The summed E-state index contributed by atoms with van der Waals surface area (Å²) in [5, 5.41) is 9.29. The normalized spacial score (nSPS) is 15.7.